The van der Waals surface area contributed by atoms with Crippen LogP contribution in [0.3, 0.4) is 0 Å². The van der Waals surface area contributed by atoms with Gasteiger partial charge in [0, 0.05) is 23.9 Å². The van der Waals surface area contributed by atoms with Gasteiger partial charge in [-0.2, -0.15) is 0 Å². The van der Waals surface area contributed by atoms with E-state index in [1.165, 1.54) is 0 Å². The summed E-state index contributed by atoms with van der Waals surface area (Å²) in [5.41, 5.74) is 0. The largest absolute Gasteiger partial charge is 0.496 e. The Bertz CT molecular complexity index is 714. The molecule has 0 atom stereocenters. The first-order valence-electron chi connectivity index (χ1n) is 6.86. The van der Waals surface area contributed by atoms with E-state index in [0.717, 1.165) is 11.9 Å². The molecular formula is C15H20N2O3S. The molecule has 0 heterocycles. The van der Waals surface area contributed by atoms with Gasteiger partial charge in [-0.25, -0.2) is 13.1 Å². The minimum Gasteiger partial charge on any atom is -0.496 e. The van der Waals surface area contributed by atoms with E-state index in [1.54, 1.807) is 25.3 Å². The molecule has 0 bridgehead atoms. The van der Waals surface area contributed by atoms with Crippen LogP contribution in [0.25, 0.3) is 10.8 Å². The summed E-state index contributed by atoms with van der Waals surface area (Å²) in [6, 6.07) is 10.6. The molecule has 0 aliphatic heterocycles. The second-order valence-electron chi connectivity index (χ2n) is 4.56. The Hall–Kier alpha value is -1.63. The third kappa shape index (κ3) is 3.53. The van der Waals surface area contributed by atoms with Crippen molar-refractivity contribution >= 4 is 20.8 Å². The molecule has 0 aliphatic carbocycles. The number of ether oxygens (including phenoxy) is 1. The summed E-state index contributed by atoms with van der Waals surface area (Å²) >= 11 is 0. The summed E-state index contributed by atoms with van der Waals surface area (Å²) < 4.78 is 32.8. The quantitative estimate of drug-likeness (QED) is 0.765. The van der Waals surface area contributed by atoms with E-state index >= 15 is 0 Å². The number of rotatable bonds is 7. The second kappa shape index (κ2) is 6.89. The van der Waals surface area contributed by atoms with Gasteiger partial charge in [0.05, 0.1) is 12.0 Å². The van der Waals surface area contributed by atoms with E-state index in [1.807, 2.05) is 25.1 Å². The van der Waals surface area contributed by atoms with Crippen LogP contribution in [-0.4, -0.2) is 35.2 Å². The smallest absolute Gasteiger partial charge is 0.241 e. The van der Waals surface area contributed by atoms with Gasteiger partial charge in [0.2, 0.25) is 10.0 Å². The highest BCUT2D eigenvalue weighted by Gasteiger charge is 2.18. The lowest BCUT2D eigenvalue weighted by Gasteiger charge is -2.12. The van der Waals surface area contributed by atoms with Crippen molar-refractivity contribution in [3.8, 4) is 5.75 Å². The lowest BCUT2D eigenvalue weighted by molar-refractivity contribution is 0.419. The summed E-state index contributed by atoms with van der Waals surface area (Å²) in [6.07, 6.45) is 0. The Balaban J connectivity index is 2.37. The molecule has 2 N–H and O–H groups in total. The van der Waals surface area contributed by atoms with Crippen LogP contribution in [0.4, 0.5) is 0 Å². The molecule has 2 rings (SSSR count). The average molecular weight is 308 g/mol. The number of hydrogen-bond acceptors (Lipinski definition) is 4. The van der Waals surface area contributed by atoms with Crippen molar-refractivity contribution in [3.05, 3.63) is 36.4 Å². The maximum Gasteiger partial charge on any atom is 0.241 e. The van der Waals surface area contributed by atoms with Crippen molar-refractivity contribution in [2.45, 2.75) is 11.8 Å². The van der Waals surface area contributed by atoms with Gasteiger partial charge in [0.25, 0.3) is 0 Å². The number of fused-ring (bicyclic) bond motifs is 1. The number of methoxy groups -OCH3 is 1. The van der Waals surface area contributed by atoms with Crippen molar-refractivity contribution in [1.29, 1.82) is 0 Å². The van der Waals surface area contributed by atoms with E-state index in [-0.39, 0.29) is 4.90 Å². The molecule has 0 amide bonds. The maximum atomic E-state index is 12.4. The molecule has 0 saturated carbocycles. The minimum absolute atomic E-state index is 0.274. The molecule has 0 aromatic heterocycles. The van der Waals surface area contributed by atoms with Gasteiger partial charge in [-0.05, 0) is 18.7 Å². The van der Waals surface area contributed by atoms with Crippen LogP contribution in [0.15, 0.2) is 41.3 Å². The first-order valence-corrected chi connectivity index (χ1v) is 8.34. The van der Waals surface area contributed by atoms with E-state index < -0.39 is 10.0 Å². The topological polar surface area (TPSA) is 67.4 Å². The van der Waals surface area contributed by atoms with Crippen LogP contribution in [0.1, 0.15) is 6.92 Å². The third-order valence-electron chi connectivity index (χ3n) is 3.20. The summed E-state index contributed by atoms with van der Waals surface area (Å²) in [4.78, 5) is 0.274. The standard InChI is InChI=1S/C15H20N2O3S/c1-3-16-10-11-17-21(18,19)15-9-8-14(20-2)12-6-4-5-7-13(12)15/h4-9,16-17H,3,10-11H2,1-2H3. The SMILES string of the molecule is CCNCCNS(=O)(=O)c1ccc(OC)c2ccccc12. The van der Waals surface area contributed by atoms with E-state index in [9.17, 15) is 8.42 Å². The third-order valence-corrected chi connectivity index (χ3v) is 4.72. The minimum atomic E-state index is -3.54. The van der Waals surface area contributed by atoms with Crippen LogP contribution >= 0.6 is 0 Å². The zero-order valence-corrected chi connectivity index (χ0v) is 13.0. The number of likely N-dealkylation sites (N-methyl/N-ethyl adjacent to an activating group) is 1. The van der Waals surface area contributed by atoms with Gasteiger partial charge in [-0.15, -0.1) is 0 Å². The predicted octanol–water partition coefficient (Wildman–Crippen LogP) is 1.74. The van der Waals surface area contributed by atoms with E-state index in [0.29, 0.717) is 24.2 Å². The Labute approximate surface area is 125 Å². The van der Waals surface area contributed by atoms with Crippen LogP contribution in [-0.2, 0) is 10.0 Å². The molecule has 0 unspecified atom stereocenters. The van der Waals surface area contributed by atoms with Gasteiger partial charge < -0.3 is 10.1 Å². The van der Waals surface area contributed by atoms with Crippen molar-refractivity contribution < 1.29 is 13.2 Å². The van der Waals surface area contributed by atoms with E-state index in [4.69, 9.17) is 4.74 Å². The Morgan fingerprint density at radius 2 is 1.76 bits per heavy atom. The van der Waals surface area contributed by atoms with Gasteiger partial charge in [-0.3, -0.25) is 0 Å². The van der Waals surface area contributed by atoms with Crippen molar-refractivity contribution in [3.63, 3.8) is 0 Å². The fourth-order valence-electron chi connectivity index (χ4n) is 2.18. The Morgan fingerprint density at radius 3 is 2.43 bits per heavy atom. The van der Waals surface area contributed by atoms with Crippen LogP contribution < -0.4 is 14.8 Å². The molecule has 21 heavy (non-hydrogen) atoms. The fraction of sp³-hybridized carbons (Fsp3) is 0.333. The highest BCUT2D eigenvalue weighted by molar-refractivity contribution is 7.89. The predicted molar refractivity (Wildman–Crippen MR) is 84.2 cm³/mol. The zero-order chi connectivity index (χ0) is 15.3. The van der Waals surface area contributed by atoms with Crippen molar-refractivity contribution in [1.82, 2.24) is 10.0 Å². The number of sulfonamides is 1. The van der Waals surface area contributed by atoms with E-state index in [2.05, 4.69) is 10.0 Å². The number of benzene rings is 2. The monoisotopic (exact) mass is 308 g/mol. The number of hydrogen-bond donors (Lipinski definition) is 2. The zero-order valence-electron chi connectivity index (χ0n) is 12.2. The lowest BCUT2D eigenvalue weighted by atomic mass is 10.1. The highest BCUT2D eigenvalue weighted by atomic mass is 32.2. The molecular weight excluding hydrogens is 288 g/mol. The van der Waals surface area contributed by atoms with Gasteiger partial charge in [-0.1, -0.05) is 31.2 Å². The molecule has 2 aromatic rings. The van der Waals surface area contributed by atoms with Crippen LogP contribution in [0.2, 0.25) is 0 Å². The molecule has 5 nitrogen and oxygen atoms in total. The Kier molecular flexibility index (Phi) is 5.17. The summed E-state index contributed by atoms with van der Waals surface area (Å²) in [6.45, 7) is 3.75. The lowest BCUT2D eigenvalue weighted by Crippen LogP contribution is -2.31. The van der Waals surface area contributed by atoms with Crippen molar-refractivity contribution in [2.75, 3.05) is 26.7 Å². The summed E-state index contributed by atoms with van der Waals surface area (Å²) in [5.74, 6) is 0.664. The van der Waals surface area contributed by atoms with Crippen LogP contribution in [0.5, 0.6) is 5.75 Å². The number of nitrogens with one attached hydrogen (secondary N) is 2. The molecule has 0 fully saturated rings. The molecule has 114 valence electrons. The molecule has 0 aliphatic rings. The summed E-state index contributed by atoms with van der Waals surface area (Å²) in [7, 11) is -1.96. The second-order valence-corrected chi connectivity index (χ2v) is 6.30. The van der Waals surface area contributed by atoms with Crippen molar-refractivity contribution in [2.24, 2.45) is 0 Å². The van der Waals surface area contributed by atoms with Gasteiger partial charge >= 0.3 is 0 Å². The first kappa shape index (κ1) is 15.8. The van der Waals surface area contributed by atoms with Crippen LogP contribution in [0, 0.1) is 0 Å². The fourth-order valence-corrected chi connectivity index (χ4v) is 3.43. The Morgan fingerprint density at radius 1 is 1.05 bits per heavy atom. The maximum absolute atomic E-state index is 12.4. The average Bonchev–Trinajstić information content (AvgIpc) is 2.50. The van der Waals surface area contributed by atoms with Gasteiger partial charge in [0.1, 0.15) is 5.75 Å². The summed E-state index contributed by atoms with van der Waals surface area (Å²) in [5, 5.41) is 4.53. The molecule has 2 aromatic carbocycles. The first-order chi connectivity index (χ1) is 10.1. The normalized spacial score (nSPS) is 11.7. The highest BCUT2D eigenvalue weighted by Crippen LogP contribution is 2.30. The molecule has 0 spiro atoms. The molecule has 0 saturated heterocycles. The molecule has 0 radical (unpaired) electrons. The van der Waals surface area contributed by atoms with Gasteiger partial charge in [0.15, 0.2) is 0 Å². The molecule has 6 heteroatoms.